The highest BCUT2D eigenvalue weighted by atomic mass is 16.6. The van der Waals surface area contributed by atoms with Gasteiger partial charge in [-0.2, -0.15) is 0 Å². The van der Waals surface area contributed by atoms with Crippen molar-refractivity contribution < 1.29 is 43.8 Å². The molecule has 6 atom stereocenters. The molecule has 0 aliphatic carbocycles. The number of aromatic hydroxyl groups is 1. The van der Waals surface area contributed by atoms with Gasteiger partial charge in [-0.05, 0) is 58.1 Å². The van der Waals surface area contributed by atoms with Crippen LogP contribution < -0.4 is 4.90 Å². The summed E-state index contributed by atoms with van der Waals surface area (Å²) in [7, 11) is 0. The van der Waals surface area contributed by atoms with Crippen LogP contribution in [0.25, 0.3) is 0 Å². The van der Waals surface area contributed by atoms with Crippen LogP contribution in [-0.4, -0.2) is 50.0 Å². The maximum absolute atomic E-state index is 15.4. The van der Waals surface area contributed by atoms with E-state index >= 15 is 4.79 Å². The summed E-state index contributed by atoms with van der Waals surface area (Å²) < 4.78 is 11.8. The molecule has 8 rings (SSSR count). The number of carbonyl (C=O) groups is 4. The average molecular weight is 726 g/mol. The summed E-state index contributed by atoms with van der Waals surface area (Å²) in [6.45, 7) is -0.352. The van der Waals surface area contributed by atoms with Crippen LogP contribution in [0.1, 0.15) is 46.0 Å². The van der Waals surface area contributed by atoms with E-state index in [2.05, 4.69) is 0 Å². The molecular formula is C41H31N3O10. The number of rotatable bonds is 7. The monoisotopic (exact) mass is 725 g/mol. The van der Waals surface area contributed by atoms with Gasteiger partial charge in [0.2, 0.25) is 5.91 Å². The van der Waals surface area contributed by atoms with Crippen molar-refractivity contribution in [3.05, 3.63) is 171 Å². The molecule has 5 aromatic rings. The second-order valence-electron chi connectivity index (χ2n) is 13.3. The number of non-ortho nitro benzene ring substituents is 1. The van der Waals surface area contributed by atoms with Crippen molar-refractivity contribution in [1.82, 2.24) is 4.90 Å². The number of amides is 2. The van der Waals surface area contributed by atoms with Gasteiger partial charge in [-0.1, -0.05) is 91.0 Å². The summed E-state index contributed by atoms with van der Waals surface area (Å²) in [4.78, 5) is 70.9. The molecule has 3 heterocycles. The Labute approximate surface area is 307 Å². The summed E-state index contributed by atoms with van der Waals surface area (Å²) in [5, 5.41) is 32.7. The lowest BCUT2D eigenvalue weighted by Crippen LogP contribution is -2.53. The predicted octanol–water partition coefficient (Wildman–Crippen LogP) is 6.39. The SMILES string of the molecule is O=C1OC(c2ccccc2)C(c2ccccc2)N2C1C(C(=O)O)C1(C(=O)N(C(=O)OCc3ccc([N+](=O)[O-])cc3)c3ccccc31)C2c1ccc(O)cc1. The average Bonchev–Trinajstić information content (AvgIpc) is 3.65. The molecule has 2 fully saturated rings. The number of hydrogen-bond acceptors (Lipinski definition) is 10. The number of carboxylic acid groups (broad SMARTS) is 1. The van der Waals surface area contributed by atoms with Crippen LogP contribution in [0.4, 0.5) is 16.2 Å². The number of fused-ring (bicyclic) bond motifs is 3. The number of phenols is 1. The summed E-state index contributed by atoms with van der Waals surface area (Å²) in [5.74, 6) is -5.08. The van der Waals surface area contributed by atoms with Gasteiger partial charge >= 0.3 is 18.0 Å². The molecule has 270 valence electrons. The Morgan fingerprint density at radius 2 is 1.39 bits per heavy atom. The summed E-state index contributed by atoms with van der Waals surface area (Å²) >= 11 is 0. The third-order valence-corrected chi connectivity index (χ3v) is 10.5. The summed E-state index contributed by atoms with van der Waals surface area (Å²) in [6, 6.07) is 32.3. The van der Waals surface area contributed by atoms with Gasteiger partial charge in [0, 0.05) is 12.1 Å². The number of hydrogen-bond donors (Lipinski definition) is 2. The maximum atomic E-state index is 15.4. The van der Waals surface area contributed by atoms with Crippen LogP contribution in [-0.2, 0) is 35.9 Å². The zero-order valence-electron chi connectivity index (χ0n) is 28.3. The topological polar surface area (TPSA) is 177 Å². The van der Waals surface area contributed by atoms with Crippen LogP contribution in [0.5, 0.6) is 5.75 Å². The van der Waals surface area contributed by atoms with Crippen LogP contribution in [0, 0.1) is 16.0 Å². The fourth-order valence-electron chi connectivity index (χ4n) is 8.40. The van der Waals surface area contributed by atoms with Crippen molar-refractivity contribution in [2.24, 2.45) is 5.92 Å². The van der Waals surface area contributed by atoms with Crippen LogP contribution in [0.3, 0.4) is 0 Å². The zero-order valence-corrected chi connectivity index (χ0v) is 28.3. The number of phenolic OH excluding ortho intramolecular Hbond substituents is 1. The number of nitro benzene ring substituents is 1. The molecule has 6 unspecified atom stereocenters. The first kappa shape index (κ1) is 34.2. The van der Waals surface area contributed by atoms with Crippen molar-refractivity contribution in [2.45, 2.75) is 36.3 Å². The van der Waals surface area contributed by atoms with Crippen molar-refractivity contribution in [2.75, 3.05) is 4.90 Å². The zero-order chi connectivity index (χ0) is 37.7. The smallest absolute Gasteiger partial charge is 0.421 e. The Bertz CT molecular complexity index is 2280. The van der Waals surface area contributed by atoms with E-state index in [4.69, 9.17) is 9.47 Å². The Morgan fingerprint density at radius 1 is 0.778 bits per heavy atom. The molecule has 3 aliphatic rings. The Morgan fingerprint density at radius 3 is 2.02 bits per heavy atom. The number of cyclic esters (lactones) is 1. The van der Waals surface area contributed by atoms with Gasteiger partial charge in [0.15, 0.2) is 0 Å². The molecule has 3 aliphatic heterocycles. The first-order valence-electron chi connectivity index (χ1n) is 17.1. The number of esters is 1. The Balaban J connectivity index is 1.32. The molecule has 5 aromatic carbocycles. The highest BCUT2D eigenvalue weighted by molar-refractivity contribution is 6.23. The number of para-hydroxylation sites is 1. The lowest BCUT2D eigenvalue weighted by atomic mass is 9.65. The molecule has 0 aromatic heterocycles. The normalized spacial score (nSPS) is 24.4. The molecule has 1 spiro atoms. The molecule has 13 heteroatoms. The molecule has 2 saturated heterocycles. The molecule has 13 nitrogen and oxygen atoms in total. The van der Waals surface area contributed by atoms with Gasteiger partial charge in [0.05, 0.1) is 22.7 Å². The van der Waals surface area contributed by atoms with E-state index in [0.717, 1.165) is 4.90 Å². The van der Waals surface area contributed by atoms with Gasteiger partial charge in [-0.3, -0.25) is 29.4 Å². The summed E-state index contributed by atoms with van der Waals surface area (Å²) in [5.41, 5.74) is 0.162. The number of nitro groups is 1. The second-order valence-corrected chi connectivity index (χ2v) is 13.3. The maximum Gasteiger partial charge on any atom is 0.421 e. The predicted molar refractivity (Wildman–Crippen MR) is 191 cm³/mol. The first-order valence-corrected chi connectivity index (χ1v) is 17.1. The largest absolute Gasteiger partial charge is 0.508 e. The molecule has 2 amide bonds. The molecule has 0 bridgehead atoms. The van der Waals surface area contributed by atoms with E-state index in [1.54, 1.807) is 47.4 Å². The minimum Gasteiger partial charge on any atom is -0.508 e. The van der Waals surface area contributed by atoms with Crippen LogP contribution in [0.15, 0.2) is 133 Å². The van der Waals surface area contributed by atoms with E-state index in [-0.39, 0.29) is 29.3 Å². The van der Waals surface area contributed by atoms with Crippen molar-refractivity contribution in [3.8, 4) is 5.75 Å². The molecule has 54 heavy (non-hydrogen) atoms. The van der Waals surface area contributed by atoms with Crippen molar-refractivity contribution >= 4 is 35.3 Å². The van der Waals surface area contributed by atoms with Gasteiger partial charge in [0.25, 0.3) is 5.69 Å². The standard InChI is InChI=1S/C41H31N3O10/c45-29-21-17-27(18-22-29)36-41(30-13-7-8-14-31(30)42(39(41)49)40(50)53-23-24-15-19-28(20-16-24)44(51)52)32(37(46)47)34-38(48)54-35(26-11-5-2-6-12-26)33(43(34)36)25-9-3-1-4-10-25/h1-22,32-36,45H,23H2,(H,46,47). The highest BCUT2D eigenvalue weighted by Gasteiger charge is 2.76. The molecule has 2 N–H and O–H groups in total. The molecule has 0 radical (unpaired) electrons. The minimum atomic E-state index is -2.10. The number of carboxylic acids is 1. The van der Waals surface area contributed by atoms with E-state index in [9.17, 15) is 34.7 Å². The molecule has 0 saturated carbocycles. The van der Waals surface area contributed by atoms with Crippen molar-refractivity contribution in [3.63, 3.8) is 0 Å². The van der Waals surface area contributed by atoms with E-state index in [1.165, 1.54) is 42.5 Å². The quantitative estimate of drug-likeness (QED) is 0.108. The number of benzene rings is 5. The minimum absolute atomic E-state index is 0.0773. The first-order chi connectivity index (χ1) is 26.1. The highest BCUT2D eigenvalue weighted by Crippen LogP contribution is 2.65. The van der Waals surface area contributed by atoms with Crippen LogP contribution in [0.2, 0.25) is 0 Å². The number of morpholine rings is 1. The number of nitrogens with zero attached hydrogens (tertiary/aromatic N) is 3. The second kappa shape index (κ2) is 13.3. The van der Waals surface area contributed by atoms with Gasteiger partial charge in [0.1, 0.15) is 35.8 Å². The molecular weight excluding hydrogens is 694 g/mol. The third-order valence-electron chi connectivity index (χ3n) is 10.5. The number of ether oxygens (including phenoxy) is 2. The van der Waals surface area contributed by atoms with E-state index < -0.39 is 64.4 Å². The van der Waals surface area contributed by atoms with Gasteiger partial charge in [-0.15, -0.1) is 0 Å². The lowest BCUT2D eigenvalue weighted by Gasteiger charge is -2.46. The van der Waals surface area contributed by atoms with Gasteiger partial charge < -0.3 is 19.7 Å². The number of anilines is 1. The lowest BCUT2D eigenvalue weighted by molar-refractivity contribution is -0.384. The third kappa shape index (κ3) is 5.27. The van der Waals surface area contributed by atoms with Crippen LogP contribution >= 0.6 is 0 Å². The fraction of sp³-hybridized carbons (Fsp3) is 0.171. The van der Waals surface area contributed by atoms with E-state index in [0.29, 0.717) is 22.3 Å². The summed E-state index contributed by atoms with van der Waals surface area (Å²) in [6.07, 6.45) is -2.04. The number of imide groups is 1. The number of carbonyl (C=O) groups excluding carboxylic acids is 3. The van der Waals surface area contributed by atoms with Crippen molar-refractivity contribution in [1.29, 1.82) is 0 Å². The van der Waals surface area contributed by atoms with Gasteiger partial charge in [-0.25, -0.2) is 9.69 Å². The number of aliphatic carboxylic acids is 1. The Hall–Kier alpha value is -6.86. The Kier molecular flexibility index (Phi) is 8.42. The fourth-order valence-corrected chi connectivity index (χ4v) is 8.40. The van der Waals surface area contributed by atoms with E-state index in [1.807, 2.05) is 48.5 Å².